The quantitative estimate of drug-likeness (QED) is 0.803. The van der Waals surface area contributed by atoms with E-state index in [4.69, 9.17) is 0 Å². The average Bonchev–Trinajstić information content (AvgIpc) is 3.32. The first-order valence-electron chi connectivity index (χ1n) is 8.41. The van der Waals surface area contributed by atoms with Crippen molar-refractivity contribution in [3.05, 3.63) is 35.4 Å². The molecule has 3 heteroatoms. The first-order valence-corrected chi connectivity index (χ1v) is 8.41. The van der Waals surface area contributed by atoms with E-state index in [2.05, 4.69) is 18.0 Å². The Bertz CT molecular complexity index is 642. The summed E-state index contributed by atoms with van der Waals surface area (Å²) in [6.07, 6.45) is 6.34. The number of carbonyl (C=O) groups is 1. The number of carbonyl (C=O) groups excluding carboxylic acids is 1. The molecule has 1 saturated carbocycles. The molecule has 22 heavy (non-hydrogen) atoms. The normalized spacial score (nSPS) is 32.5. The minimum absolute atomic E-state index is 0.168. The number of piperidine rings is 1. The highest BCUT2D eigenvalue weighted by atomic mass is 16.1. The molecule has 3 fully saturated rings. The minimum atomic E-state index is -0.303. The van der Waals surface area contributed by atoms with Crippen LogP contribution >= 0.6 is 0 Å². The van der Waals surface area contributed by atoms with E-state index >= 15 is 0 Å². The van der Waals surface area contributed by atoms with Crippen molar-refractivity contribution in [1.82, 2.24) is 4.90 Å². The molecular formula is C19H22N2O. The van der Waals surface area contributed by atoms with Crippen molar-refractivity contribution in [1.29, 1.82) is 5.26 Å². The Kier molecular flexibility index (Phi) is 3.13. The molecule has 2 heterocycles. The van der Waals surface area contributed by atoms with Crippen LogP contribution in [-0.2, 0) is 5.41 Å². The molecule has 0 N–H and O–H groups in total. The summed E-state index contributed by atoms with van der Waals surface area (Å²) in [5.74, 6) is 0.460. The van der Waals surface area contributed by atoms with E-state index in [-0.39, 0.29) is 11.3 Å². The van der Waals surface area contributed by atoms with Crippen LogP contribution in [0.1, 0.15) is 54.4 Å². The fourth-order valence-electron chi connectivity index (χ4n) is 4.42. The van der Waals surface area contributed by atoms with E-state index in [9.17, 15) is 10.1 Å². The van der Waals surface area contributed by atoms with E-state index in [1.165, 1.54) is 12.8 Å². The zero-order valence-electron chi connectivity index (χ0n) is 13.1. The Balaban J connectivity index is 1.57. The van der Waals surface area contributed by atoms with Gasteiger partial charge in [0, 0.05) is 23.6 Å². The van der Waals surface area contributed by atoms with Gasteiger partial charge in [-0.25, -0.2) is 0 Å². The number of fused-ring (bicyclic) bond motifs is 2. The number of nitrogens with zero attached hydrogens (tertiary/aromatic N) is 2. The summed E-state index contributed by atoms with van der Waals surface area (Å²) >= 11 is 0. The molecule has 1 aromatic carbocycles. The van der Waals surface area contributed by atoms with Gasteiger partial charge in [-0.1, -0.05) is 18.2 Å². The number of benzene rings is 1. The van der Waals surface area contributed by atoms with Crippen LogP contribution < -0.4 is 0 Å². The van der Waals surface area contributed by atoms with Crippen LogP contribution in [-0.4, -0.2) is 29.8 Å². The number of Topliss-reactive ketones (excluding diaryl/α,β-unsaturated/α-hetero) is 1. The van der Waals surface area contributed by atoms with E-state index in [1.54, 1.807) is 0 Å². The van der Waals surface area contributed by atoms with Gasteiger partial charge >= 0.3 is 0 Å². The highest BCUT2D eigenvalue weighted by molar-refractivity contribution is 5.98. The third-order valence-corrected chi connectivity index (χ3v) is 6.13. The summed E-state index contributed by atoms with van der Waals surface area (Å²) in [5, 5.41) is 9.35. The molecule has 3 aliphatic rings. The highest BCUT2D eigenvalue weighted by Crippen LogP contribution is 2.48. The molecule has 2 saturated heterocycles. The first-order chi connectivity index (χ1) is 10.6. The van der Waals surface area contributed by atoms with Crippen molar-refractivity contribution in [2.45, 2.75) is 56.0 Å². The van der Waals surface area contributed by atoms with Gasteiger partial charge in [0.2, 0.25) is 0 Å². The summed E-state index contributed by atoms with van der Waals surface area (Å²) in [6.45, 7) is 0. The minimum Gasteiger partial charge on any atom is -0.300 e. The lowest BCUT2D eigenvalue weighted by Crippen LogP contribution is -2.42. The maximum atomic E-state index is 12.9. The standard InChI is InChI=1S/C19H22N2O/c1-21-16-5-6-17(21)11-14(10-16)18(22)13-3-2-4-15(9-13)19(12-20)7-8-19/h2-4,9,14,16-17H,5-8,10-11H2,1H3. The van der Waals surface area contributed by atoms with Gasteiger partial charge in [-0.2, -0.15) is 5.26 Å². The second-order valence-corrected chi connectivity index (χ2v) is 7.36. The van der Waals surface area contributed by atoms with Crippen LogP contribution in [0.5, 0.6) is 0 Å². The lowest BCUT2D eigenvalue weighted by atomic mass is 9.84. The lowest BCUT2D eigenvalue weighted by Gasteiger charge is -2.35. The van der Waals surface area contributed by atoms with Gasteiger partial charge in [-0.3, -0.25) is 4.79 Å². The van der Waals surface area contributed by atoms with Crippen LogP contribution in [0, 0.1) is 17.2 Å². The zero-order valence-corrected chi connectivity index (χ0v) is 13.1. The van der Waals surface area contributed by atoms with E-state index in [0.717, 1.165) is 36.8 Å². The molecule has 2 aliphatic heterocycles. The molecule has 1 aromatic rings. The molecule has 3 nitrogen and oxygen atoms in total. The Hall–Kier alpha value is -1.66. The molecule has 2 unspecified atom stereocenters. The number of ketones is 1. The summed E-state index contributed by atoms with van der Waals surface area (Å²) in [6, 6.07) is 11.5. The second-order valence-electron chi connectivity index (χ2n) is 7.36. The van der Waals surface area contributed by atoms with Crippen LogP contribution in [0.25, 0.3) is 0 Å². The topological polar surface area (TPSA) is 44.1 Å². The van der Waals surface area contributed by atoms with Gasteiger partial charge in [0.15, 0.2) is 5.78 Å². The predicted octanol–water partition coefficient (Wildman–Crippen LogP) is 3.30. The molecular weight excluding hydrogens is 272 g/mol. The SMILES string of the molecule is CN1C2CCC1CC(C(=O)c1cccc(C3(C#N)CC3)c1)C2. The summed E-state index contributed by atoms with van der Waals surface area (Å²) in [4.78, 5) is 15.4. The molecule has 0 spiro atoms. The smallest absolute Gasteiger partial charge is 0.166 e. The number of hydrogen-bond donors (Lipinski definition) is 0. The fraction of sp³-hybridized carbons (Fsp3) is 0.579. The third kappa shape index (κ3) is 2.09. The van der Waals surface area contributed by atoms with Crippen molar-refractivity contribution in [3.8, 4) is 6.07 Å². The molecule has 0 aromatic heterocycles. The molecule has 2 bridgehead atoms. The Labute approximate surface area is 131 Å². The average molecular weight is 294 g/mol. The van der Waals surface area contributed by atoms with Crippen molar-refractivity contribution in [3.63, 3.8) is 0 Å². The molecule has 2 atom stereocenters. The predicted molar refractivity (Wildman–Crippen MR) is 84.6 cm³/mol. The van der Waals surface area contributed by atoms with Crippen LogP contribution in [0.3, 0.4) is 0 Å². The fourth-order valence-corrected chi connectivity index (χ4v) is 4.42. The summed E-state index contributed by atoms with van der Waals surface area (Å²) < 4.78 is 0. The number of rotatable bonds is 3. The largest absolute Gasteiger partial charge is 0.300 e. The van der Waals surface area contributed by atoms with Gasteiger partial charge in [-0.15, -0.1) is 0 Å². The van der Waals surface area contributed by atoms with Crippen molar-refractivity contribution in [2.75, 3.05) is 7.05 Å². The van der Waals surface area contributed by atoms with Crippen LogP contribution in [0.2, 0.25) is 0 Å². The van der Waals surface area contributed by atoms with Gasteiger partial charge in [0.1, 0.15) is 0 Å². The monoisotopic (exact) mass is 294 g/mol. The molecule has 1 aliphatic carbocycles. The Morgan fingerprint density at radius 2 is 1.95 bits per heavy atom. The molecule has 4 rings (SSSR count). The zero-order chi connectivity index (χ0) is 15.3. The Morgan fingerprint density at radius 1 is 1.27 bits per heavy atom. The van der Waals surface area contributed by atoms with E-state index < -0.39 is 0 Å². The number of nitriles is 1. The molecule has 114 valence electrons. The first kappa shape index (κ1) is 14.0. The maximum absolute atomic E-state index is 12.9. The lowest BCUT2D eigenvalue weighted by molar-refractivity contribution is 0.0767. The van der Waals surface area contributed by atoms with Gasteiger partial charge < -0.3 is 4.90 Å². The van der Waals surface area contributed by atoms with Crippen molar-refractivity contribution < 1.29 is 4.79 Å². The second kappa shape index (κ2) is 4.93. The van der Waals surface area contributed by atoms with E-state index in [0.29, 0.717) is 17.9 Å². The van der Waals surface area contributed by atoms with Crippen molar-refractivity contribution >= 4 is 5.78 Å². The molecule has 0 radical (unpaired) electrons. The molecule has 0 amide bonds. The van der Waals surface area contributed by atoms with Gasteiger partial charge in [0.25, 0.3) is 0 Å². The van der Waals surface area contributed by atoms with E-state index in [1.807, 2.05) is 24.3 Å². The summed E-state index contributed by atoms with van der Waals surface area (Å²) in [7, 11) is 2.20. The van der Waals surface area contributed by atoms with Gasteiger partial charge in [-0.05, 0) is 57.2 Å². The maximum Gasteiger partial charge on any atom is 0.166 e. The summed E-state index contributed by atoms with van der Waals surface area (Å²) in [5.41, 5.74) is 1.55. The Morgan fingerprint density at radius 3 is 2.55 bits per heavy atom. The van der Waals surface area contributed by atoms with Crippen LogP contribution in [0.4, 0.5) is 0 Å². The van der Waals surface area contributed by atoms with Crippen LogP contribution in [0.15, 0.2) is 24.3 Å². The third-order valence-electron chi connectivity index (χ3n) is 6.13. The van der Waals surface area contributed by atoms with Gasteiger partial charge in [0.05, 0.1) is 11.5 Å². The number of hydrogen-bond acceptors (Lipinski definition) is 3. The highest BCUT2D eigenvalue weighted by Gasteiger charge is 2.45. The van der Waals surface area contributed by atoms with Crippen molar-refractivity contribution in [2.24, 2.45) is 5.92 Å².